The summed E-state index contributed by atoms with van der Waals surface area (Å²) < 4.78 is 14.6. The summed E-state index contributed by atoms with van der Waals surface area (Å²) in [5.74, 6) is -2.61. The topological polar surface area (TPSA) is 120 Å². The number of nitrogens with one attached hydrogen (secondary N) is 2. The minimum Gasteiger partial charge on any atom is -0.321 e. The number of carbonyl (C=O) groups excluding carboxylic acids is 4. The van der Waals surface area contributed by atoms with Gasteiger partial charge in [-0.05, 0) is 91.0 Å². The van der Waals surface area contributed by atoms with Gasteiger partial charge in [0.25, 0.3) is 11.8 Å². The van der Waals surface area contributed by atoms with Crippen LogP contribution in [0.1, 0.15) is 22.3 Å². The summed E-state index contributed by atoms with van der Waals surface area (Å²) in [4.78, 5) is 54.4. The molecule has 1 aliphatic heterocycles. The molecule has 1 unspecified atom stereocenters. The van der Waals surface area contributed by atoms with Crippen molar-refractivity contribution in [3.63, 3.8) is 0 Å². The van der Waals surface area contributed by atoms with E-state index < -0.39 is 22.9 Å². The van der Waals surface area contributed by atoms with Gasteiger partial charge in [0.05, 0.1) is 27.3 Å². The number of imide groups is 1. The number of halogens is 2. The molecule has 12 heteroatoms. The average molecular weight is 704 g/mol. The Morgan fingerprint density at radius 1 is 0.800 bits per heavy atom. The van der Waals surface area contributed by atoms with E-state index in [1.807, 2.05) is 30.3 Å². The largest absolute Gasteiger partial charge is 0.321 e. The number of amides is 4. The van der Waals surface area contributed by atoms with E-state index in [-0.39, 0.29) is 34.5 Å². The molecule has 0 bridgehead atoms. The minimum atomic E-state index is -0.714. The lowest BCUT2D eigenvalue weighted by atomic mass is 10.1. The second-order valence-electron chi connectivity index (χ2n) is 10.9. The molecule has 2 N–H and O–H groups in total. The third kappa shape index (κ3) is 8.20. The summed E-state index contributed by atoms with van der Waals surface area (Å²) in [6.45, 7) is 0. The van der Waals surface area contributed by atoms with Gasteiger partial charge in [-0.1, -0.05) is 54.1 Å². The zero-order valence-electron chi connectivity index (χ0n) is 26.1. The molecule has 1 aliphatic rings. The van der Waals surface area contributed by atoms with Crippen molar-refractivity contribution < 1.29 is 23.6 Å². The molecule has 0 saturated carbocycles. The smallest absolute Gasteiger partial charge is 0.272 e. The van der Waals surface area contributed by atoms with Crippen LogP contribution in [0.5, 0.6) is 0 Å². The van der Waals surface area contributed by atoms with E-state index >= 15 is 0 Å². The van der Waals surface area contributed by atoms with Gasteiger partial charge in [0.15, 0.2) is 0 Å². The Bertz CT molecular complexity index is 2090. The quantitative estimate of drug-likeness (QED) is 0.0856. The second kappa shape index (κ2) is 15.5. The van der Waals surface area contributed by atoms with E-state index in [9.17, 15) is 23.6 Å². The number of nitrogens with zero attached hydrogens (tertiary/aromatic N) is 3. The zero-order chi connectivity index (χ0) is 35.0. The van der Waals surface area contributed by atoms with Gasteiger partial charge < -0.3 is 10.6 Å². The third-order valence-electron chi connectivity index (χ3n) is 7.46. The predicted molar refractivity (Wildman–Crippen MR) is 192 cm³/mol. The molecule has 4 amide bonds. The summed E-state index contributed by atoms with van der Waals surface area (Å²) >= 11 is 7.43. The van der Waals surface area contributed by atoms with Gasteiger partial charge in [-0.2, -0.15) is 10.2 Å². The normalized spacial score (nSPS) is 14.6. The van der Waals surface area contributed by atoms with Crippen LogP contribution in [-0.2, 0) is 14.4 Å². The first-order valence-electron chi connectivity index (χ1n) is 15.3. The Kier molecular flexibility index (Phi) is 10.6. The number of anilines is 2. The minimum absolute atomic E-state index is 0.0192. The highest BCUT2D eigenvalue weighted by Gasteiger charge is 2.40. The van der Waals surface area contributed by atoms with Crippen molar-refractivity contribution in [2.75, 3.05) is 10.2 Å². The molecule has 5 aromatic rings. The molecular weight excluding hydrogens is 677 g/mol. The molecule has 1 fully saturated rings. The Morgan fingerprint density at radius 2 is 1.44 bits per heavy atom. The Balaban J connectivity index is 1.11. The highest BCUT2D eigenvalue weighted by atomic mass is 35.5. The predicted octanol–water partition coefficient (Wildman–Crippen LogP) is 8.73. The maximum atomic E-state index is 14.6. The van der Waals surface area contributed by atoms with Crippen LogP contribution in [0.2, 0.25) is 5.02 Å². The van der Waals surface area contributed by atoms with E-state index in [0.29, 0.717) is 33.2 Å². The maximum absolute atomic E-state index is 14.6. The Labute approximate surface area is 295 Å². The lowest BCUT2D eigenvalue weighted by Crippen LogP contribution is -2.31. The van der Waals surface area contributed by atoms with Crippen molar-refractivity contribution in [1.29, 1.82) is 0 Å². The van der Waals surface area contributed by atoms with Crippen molar-refractivity contribution in [3.8, 4) is 0 Å². The summed E-state index contributed by atoms with van der Waals surface area (Å²) in [5, 5.41) is 13.1. The highest BCUT2D eigenvalue weighted by Crippen LogP contribution is 2.35. The third-order valence-corrected chi connectivity index (χ3v) is 8.98. The Hall–Kier alpha value is -5.91. The van der Waals surface area contributed by atoms with Gasteiger partial charge in [-0.25, -0.2) is 9.29 Å². The molecule has 6 rings (SSSR count). The number of azo groups is 1. The van der Waals surface area contributed by atoms with Crippen LogP contribution in [0.15, 0.2) is 148 Å². The molecule has 50 heavy (non-hydrogen) atoms. The first-order chi connectivity index (χ1) is 24.2. The lowest BCUT2D eigenvalue weighted by molar-refractivity contribution is -0.121. The summed E-state index contributed by atoms with van der Waals surface area (Å²) in [6, 6.07) is 35.0. The lowest BCUT2D eigenvalue weighted by Gasteiger charge is -2.15. The van der Waals surface area contributed by atoms with Crippen molar-refractivity contribution in [2.45, 2.75) is 16.6 Å². The van der Waals surface area contributed by atoms with E-state index in [1.54, 1.807) is 78.9 Å². The average Bonchev–Trinajstić information content (AvgIpc) is 3.41. The molecular formula is C38H27ClFN5O4S. The number of thioether (sulfide) groups is 1. The van der Waals surface area contributed by atoms with Crippen molar-refractivity contribution in [1.82, 2.24) is 5.32 Å². The van der Waals surface area contributed by atoms with Gasteiger partial charge in [-0.3, -0.25) is 19.2 Å². The summed E-state index contributed by atoms with van der Waals surface area (Å²) in [7, 11) is 0. The van der Waals surface area contributed by atoms with Gasteiger partial charge in [-0.15, -0.1) is 11.8 Å². The first-order valence-corrected chi connectivity index (χ1v) is 16.5. The van der Waals surface area contributed by atoms with E-state index in [0.717, 1.165) is 0 Å². The number of hydrogen-bond donors (Lipinski definition) is 2. The molecule has 5 aromatic carbocycles. The fourth-order valence-electron chi connectivity index (χ4n) is 4.96. The Morgan fingerprint density at radius 3 is 2.10 bits per heavy atom. The monoisotopic (exact) mass is 703 g/mol. The molecule has 0 radical (unpaired) electrons. The molecule has 9 nitrogen and oxygen atoms in total. The molecule has 1 saturated heterocycles. The van der Waals surface area contributed by atoms with E-state index in [1.165, 1.54) is 40.9 Å². The van der Waals surface area contributed by atoms with Crippen LogP contribution in [0, 0.1) is 5.82 Å². The molecule has 0 aliphatic carbocycles. The van der Waals surface area contributed by atoms with Gasteiger partial charge in [0.2, 0.25) is 11.8 Å². The van der Waals surface area contributed by atoms with Crippen LogP contribution in [0.4, 0.5) is 27.1 Å². The number of hydrogen-bond acceptors (Lipinski definition) is 7. The molecule has 1 atom stereocenters. The SMILES string of the molecule is O=C(Nc1ccc(SC2CC(=O)N(c3ccc(N=Nc4ccccc4)cc3)C2=O)cc1)C(=Cc1c(F)cccc1Cl)NC(=O)c1ccccc1. The first kappa shape index (κ1) is 34.0. The van der Waals surface area contributed by atoms with Crippen LogP contribution >= 0.6 is 23.4 Å². The van der Waals surface area contributed by atoms with Crippen LogP contribution in [0.3, 0.4) is 0 Å². The van der Waals surface area contributed by atoms with Crippen LogP contribution in [0.25, 0.3) is 6.08 Å². The number of rotatable bonds is 10. The standard InChI is InChI=1S/C38H27ClFN5O4S/c39-31-12-7-13-32(40)30(31)22-33(42-36(47)24-8-3-1-4-9-24)37(48)41-25-16-20-29(21-17-25)50-34-23-35(46)45(38(34)49)28-18-14-27(15-19-28)44-43-26-10-5-2-6-11-26/h1-22,34H,23H2,(H,41,48)(H,42,47). The van der Waals surface area contributed by atoms with E-state index in [2.05, 4.69) is 20.9 Å². The molecule has 0 spiro atoms. The second-order valence-corrected chi connectivity index (χ2v) is 12.6. The number of benzene rings is 5. The van der Waals surface area contributed by atoms with Gasteiger partial charge in [0.1, 0.15) is 11.5 Å². The highest BCUT2D eigenvalue weighted by molar-refractivity contribution is 8.00. The summed E-state index contributed by atoms with van der Waals surface area (Å²) in [5.41, 5.74) is 2.11. The zero-order valence-corrected chi connectivity index (χ0v) is 27.7. The van der Waals surface area contributed by atoms with Crippen molar-refractivity contribution in [3.05, 3.63) is 155 Å². The van der Waals surface area contributed by atoms with Crippen LogP contribution < -0.4 is 15.5 Å². The molecule has 0 aromatic heterocycles. The fourth-order valence-corrected chi connectivity index (χ4v) is 6.23. The summed E-state index contributed by atoms with van der Waals surface area (Å²) in [6.07, 6.45) is 1.19. The molecule has 1 heterocycles. The van der Waals surface area contributed by atoms with E-state index in [4.69, 9.17) is 11.6 Å². The van der Waals surface area contributed by atoms with Gasteiger partial charge >= 0.3 is 0 Å². The van der Waals surface area contributed by atoms with Gasteiger partial charge in [0, 0.05) is 28.1 Å². The van der Waals surface area contributed by atoms with Crippen molar-refractivity contribution >= 4 is 75.8 Å². The number of carbonyl (C=O) groups is 4. The van der Waals surface area contributed by atoms with Crippen molar-refractivity contribution in [2.24, 2.45) is 10.2 Å². The molecule has 248 valence electrons. The maximum Gasteiger partial charge on any atom is 0.272 e. The fraction of sp³-hybridized carbons (Fsp3) is 0.0526. The van der Waals surface area contributed by atoms with Crippen LogP contribution in [-0.4, -0.2) is 28.9 Å².